The molecule has 0 bridgehead atoms. The number of aryl methyl sites for hydroxylation is 1. The quantitative estimate of drug-likeness (QED) is 0.604. The van der Waals surface area contributed by atoms with Crippen molar-refractivity contribution >= 4 is 10.9 Å². The van der Waals surface area contributed by atoms with Crippen LogP contribution in [0.2, 0.25) is 0 Å². The molecule has 0 radical (unpaired) electrons. The third-order valence-electron chi connectivity index (χ3n) is 1.83. The molecule has 0 saturated heterocycles. The van der Waals surface area contributed by atoms with E-state index in [-0.39, 0.29) is 0 Å². The van der Waals surface area contributed by atoms with Crippen molar-refractivity contribution in [2.45, 2.75) is 6.92 Å². The SMILES string of the molecule is Cc1ncc2cc(C#N)ccc2n1. The molecule has 0 aliphatic carbocycles. The van der Waals surface area contributed by atoms with Crippen molar-refractivity contribution in [1.82, 2.24) is 9.97 Å². The summed E-state index contributed by atoms with van der Waals surface area (Å²) in [7, 11) is 0. The molecule has 1 aromatic heterocycles. The summed E-state index contributed by atoms with van der Waals surface area (Å²) >= 11 is 0. The maximum Gasteiger partial charge on any atom is 0.125 e. The Balaban J connectivity index is 2.75. The maximum absolute atomic E-state index is 8.66. The van der Waals surface area contributed by atoms with Gasteiger partial charge in [0.05, 0.1) is 17.1 Å². The van der Waals surface area contributed by atoms with Crippen LogP contribution < -0.4 is 0 Å². The van der Waals surface area contributed by atoms with Gasteiger partial charge in [0.1, 0.15) is 5.82 Å². The number of aromatic nitrogens is 2. The van der Waals surface area contributed by atoms with Crippen LogP contribution in [0, 0.1) is 18.3 Å². The lowest BCUT2D eigenvalue weighted by Gasteiger charge is -1.97. The van der Waals surface area contributed by atoms with Crippen LogP contribution in [0.15, 0.2) is 24.4 Å². The third kappa shape index (κ3) is 1.34. The number of hydrogen-bond donors (Lipinski definition) is 0. The molecule has 3 heteroatoms. The Morgan fingerprint density at radius 3 is 3.00 bits per heavy atom. The van der Waals surface area contributed by atoms with E-state index >= 15 is 0 Å². The smallest absolute Gasteiger partial charge is 0.125 e. The second-order valence-corrected chi connectivity index (χ2v) is 2.80. The standard InChI is InChI=1S/C10H7N3/c1-7-12-6-9-4-8(5-11)2-3-10(9)13-7/h2-4,6H,1H3. The lowest BCUT2D eigenvalue weighted by Crippen LogP contribution is -1.87. The molecular formula is C10H7N3. The van der Waals surface area contributed by atoms with E-state index in [9.17, 15) is 0 Å². The molecule has 3 nitrogen and oxygen atoms in total. The molecule has 1 heterocycles. The van der Waals surface area contributed by atoms with Gasteiger partial charge in [-0.2, -0.15) is 5.26 Å². The lowest BCUT2D eigenvalue weighted by atomic mass is 10.2. The highest BCUT2D eigenvalue weighted by Crippen LogP contribution is 2.12. The number of benzene rings is 1. The van der Waals surface area contributed by atoms with Crippen LogP contribution >= 0.6 is 0 Å². The fraction of sp³-hybridized carbons (Fsp3) is 0.100. The van der Waals surface area contributed by atoms with Crippen LogP contribution in [0.25, 0.3) is 10.9 Å². The Bertz CT molecular complexity index is 497. The number of nitrogens with zero attached hydrogens (tertiary/aromatic N) is 3. The van der Waals surface area contributed by atoms with Gasteiger partial charge in [-0.15, -0.1) is 0 Å². The molecule has 0 spiro atoms. The van der Waals surface area contributed by atoms with E-state index in [2.05, 4.69) is 16.0 Å². The second kappa shape index (κ2) is 2.83. The summed E-state index contributed by atoms with van der Waals surface area (Å²) < 4.78 is 0. The van der Waals surface area contributed by atoms with Crippen LogP contribution in [-0.4, -0.2) is 9.97 Å². The molecule has 62 valence electrons. The summed E-state index contributed by atoms with van der Waals surface area (Å²) in [5, 5.41) is 9.57. The monoisotopic (exact) mass is 169 g/mol. The van der Waals surface area contributed by atoms with Gasteiger partial charge < -0.3 is 0 Å². The highest BCUT2D eigenvalue weighted by molar-refractivity contribution is 5.79. The van der Waals surface area contributed by atoms with Gasteiger partial charge in [-0.25, -0.2) is 9.97 Å². The van der Waals surface area contributed by atoms with Crippen LogP contribution in [-0.2, 0) is 0 Å². The van der Waals surface area contributed by atoms with E-state index in [0.717, 1.165) is 16.7 Å². The zero-order chi connectivity index (χ0) is 9.26. The molecule has 13 heavy (non-hydrogen) atoms. The highest BCUT2D eigenvalue weighted by Gasteiger charge is 1.97. The van der Waals surface area contributed by atoms with Crippen molar-refractivity contribution < 1.29 is 0 Å². The fourth-order valence-corrected chi connectivity index (χ4v) is 1.20. The first kappa shape index (κ1) is 7.69. The van der Waals surface area contributed by atoms with E-state index in [1.807, 2.05) is 13.0 Å². The third-order valence-corrected chi connectivity index (χ3v) is 1.83. The summed E-state index contributed by atoms with van der Waals surface area (Å²) in [6.45, 7) is 1.84. The molecule has 0 saturated carbocycles. The van der Waals surface area contributed by atoms with E-state index < -0.39 is 0 Å². The van der Waals surface area contributed by atoms with Crippen molar-refractivity contribution in [2.75, 3.05) is 0 Å². The minimum absolute atomic E-state index is 0.639. The molecule has 2 rings (SSSR count). The predicted octanol–water partition coefficient (Wildman–Crippen LogP) is 1.81. The average Bonchev–Trinajstić information content (AvgIpc) is 2.17. The van der Waals surface area contributed by atoms with Crippen molar-refractivity contribution in [1.29, 1.82) is 5.26 Å². The molecule has 0 unspecified atom stereocenters. The number of nitriles is 1. The number of fused-ring (bicyclic) bond motifs is 1. The van der Waals surface area contributed by atoms with E-state index in [1.54, 1.807) is 18.3 Å². The van der Waals surface area contributed by atoms with Gasteiger partial charge >= 0.3 is 0 Å². The van der Waals surface area contributed by atoms with Gasteiger partial charge in [0, 0.05) is 11.6 Å². The Hall–Kier alpha value is -1.95. The topological polar surface area (TPSA) is 49.6 Å². The van der Waals surface area contributed by atoms with Crippen molar-refractivity contribution in [3.63, 3.8) is 0 Å². The van der Waals surface area contributed by atoms with Gasteiger partial charge in [0.15, 0.2) is 0 Å². The van der Waals surface area contributed by atoms with E-state index in [0.29, 0.717) is 5.56 Å². The Labute approximate surface area is 75.7 Å². The average molecular weight is 169 g/mol. The van der Waals surface area contributed by atoms with Crippen molar-refractivity contribution in [3.05, 3.63) is 35.8 Å². The Morgan fingerprint density at radius 1 is 1.38 bits per heavy atom. The van der Waals surface area contributed by atoms with Crippen LogP contribution in [0.4, 0.5) is 0 Å². The molecule has 0 atom stereocenters. The largest absolute Gasteiger partial charge is 0.241 e. The van der Waals surface area contributed by atoms with E-state index in [4.69, 9.17) is 5.26 Å². The summed E-state index contributed by atoms with van der Waals surface area (Å²) in [5.74, 6) is 0.747. The minimum atomic E-state index is 0.639. The second-order valence-electron chi connectivity index (χ2n) is 2.80. The molecule has 0 fully saturated rings. The first-order valence-corrected chi connectivity index (χ1v) is 3.93. The van der Waals surface area contributed by atoms with Gasteiger partial charge in [0.25, 0.3) is 0 Å². The van der Waals surface area contributed by atoms with Gasteiger partial charge in [-0.1, -0.05) is 0 Å². The normalized spacial score (nSPS) is 9.85. The Kier molecular flexibility index (Phi) is 1.67. The van der Waals surface area contributed by atoms with Crippen LogP contribution in [0.3, 0.4) is 0 Å². The molecule has 2 aromatic rings. The predicted molar refractivity (Wildman–Crippen MR) is 49.0 cm³/mol. The minimum Gasteiger partial charge on any atom is -0.241 e. The van der Waals surface area contributed by atoms with Crippen LogP contribution in [0.1, 0.15) is 11.4 Å². The highest BCUT2D eigenvalue weighted by atomic mass is 14.9. The van der Waals surface area contributed by atoms with Gasteiger partial charge in [0.2, 0.25) is 0 Å². The zero-order valence-electron chi connectivity index (χ0n) is 7.15. The lowest BCUT2D eigenvalue weighted by molar-refractivity contribution is 1.09. The maximum atomic E-state index is 8.66. The first-order chi connectivity index (χ1) is 6.29. The van der Waals surface area contributed by atoms with E-state index in [1.165, 1.54) is 0 Å². The molecule has 0 aliphatic heterocycles. The summed E-state index contributed by atoms with van der Waals surface area (Å²) in [4.78, 5) is 8.29. The first-order valence-electron chi connectivity index (χ1n) is 3.93. The van der Waals surface area contributed by atoms with Crippen LogP contribution in [0.5, 0.6) is 0 Å². The number of hydrogen-bond acceptors (Lipinski definition) is 3. The molecule has 1 aromatic carbocycles. The van der Waals surface area contributed by atoms with Crippen molar-refractivity contribution in [3.8, 4) is 6.07 Å². The van der Waals surface area contributed by atoms with Gasteiger partial charge in [-0.3, -0.25) is 0 Å². The summed E-state index contributed by atoms with van der Waals surface area (Å²) in [6, 6.07) is 7.46. The molecule has 0 N–H and O–H groups in total. The molecule has 0 amide bonds. The zero-order valence-corrected chi connectivity index (χ0v) is 7.15. The van der Waals surface area contributed by atoms with Gasteiger partial charge in [-0.05, 0) is 25.1 Å². The fourth-order valence-electron chi connectivity index (χ4n) is 1.20. The summed E-state index contributed by atoms with van der Waals surface area (Å²) in [6.07, 6.45) is 1.73. The Morgan fingerprint density at radius 2 is 2.23 bits per heavy atom. The molecular weight excluding hydrogens is 162 g/mol. The number of rotatable bonds is 0. The summed E-state index contributed by atoms with van der Waals surface area (Å²) in [5.41, 5.74) is 1.52. The molecule has 0 aliphatic rings. The van der Waals surface area contributed by atoms with Crippen molar-refractivity contribution in [2.24, 2.45) is 0 Å².